The minimum Gasteiger partial charge on any atom is -0.481 e. The van der Waals surface area contributed by atoms with E-state index in [-0.39, 0.29) is 11.6 Å². The lowest BCUT2D eigenvalue weighted by atomic mass is 9.99. The maximum Gasteiger partial charge on any atom is 0.321 e. The highest BCUT2D eigenvalue weighted by atomic mass is 35.5. The SMILES string of the molecule is O=C(O)C1CCCN(C(=O)Nc2cc(F)c(Cl)cc2N2CCOCC2)C1. The summed E-state index contributed by atoms with van der Waals surface area (Å²) in [4.78, 5) is 27.2. The van der Waals surface area contributed by atoms with Crippen molar-refractivity contribution >= 4 is 35.0 Å². The third-order valence-corrected chi connectivity index (χ3v) is 4.98. The number of carboxylic acids is 1. The highest BCUT2D eigenvalue weighted by molar-refractivity contribution is 6.31. The topological polar surface area (TPSA) is 82.1 Å². The average molecular weight is 386 g/mol. The summed E-state index contributed by atoms with van der Waals surface area (Å²) in [6, 6.07) is 2.25. The van der Waals surface area contributed by atoms with Gasteiger partial charge in [0.1, 0.15) is 5.82 Å². The Morgan fingerprint density at radius 1 is 1.27 bits per heavy atom. The fourth-order valence-corrected chi connectivity index (χ4v) is 3.42. The molecule has 0 spiro atoms. The van der Waals surface area contributed by atoms with Crippen LogP contribution in [0.1, 0.15) is 12.8 Å². The van der Waals surface area contributed by atoms with Crippen molar-refractivity contribution < 1.29 is 23.8 Å². The van der Waals surface area contributed by atoms with Gasteiger partial charge in [0.05, 0.1) is 35.5 Å². The van der Waals surface area contributed by atoms with Gasteiger partial charge in [0.15, 0.2) is 0 Å². The largest absolute Gasteiger partial charge is 0.481 e. The third kappa shape index (κ3) is 4.19. The minimum atomic E-state index is -0.908. The van der Waals surface area contributed by atoms with E-state index in [0.717, 1.165) is 0 Å². The van der Waals surface area contributed by atoms with Crippen molar-refractivity contribution in [3.63, 3.8) is 0 Å². The molecule has 2 N–H and O–H groups in total. The van der Waals surface area contributed by atoms with Gasteiger partial charge in [-0.2, -0.15) is 0 Å². The van der Waals surface area contributed by atoms with Crippen LogP contribution in [0.15, 0.2) is 12.1 Å². The van der Waals surface area contributed by atoms with Crippen LogP contribution in [0.25, 0.3) is 0 Å². The van der Waals surface area contributed by atoms with Crippen molar-refractivity contribution in [1.82, 2.24) is 4.90 Å². The molecule has 142 valence electrons. The van der Waals surface area contributed by atoms with Crippen LogP contribution < -0.4 is 10.2 Å². The Morgan fingerprint density at radius 2 is 2.00 bits per heavy atom. The molecule has 2 heterocycles. The number of hydrogen-bond acceptors (Lipinski definition) is 4. The number of halogens is 2. The number of nitrogens with one attached hydrogen (secondary N) is 1. The van der Waals surface area contributed by atoms with Gasteiger partial charge in [-0.3, -0.25) is 4.79 Å². The zero-order chi connectivity index (χ0) is 18.7. The summed E-state index contributed by atoms with van der Waals surface area (Å²) < 4.78 is 19.3. The summed E-state index contributed by atoms with van der Waals surface area (Å²) in [7, 11) is 0. The van der Waals surface area contributed by atoms with Crippen molar-refractivity contribution in [3.8, 4) is 0 Å². The molecule has 3 rings (SSSR count). The lowest BCUT2D eigenvalue weighted by Gasteiger charge is -2.33. The number of piperidine rings is 1. The summed E-state index contributed by atoms with van der Waals surface area (Å²) in [5, 5.41) is 11.9. The molecule has 2 saturated heterocycles. The Bertz CT molecular complexity index is 697. The van der Waals surface area contributed by atoms with E-state index in [9.17, 15) is 14.0 Å². The standard InChI is InChI=1S/C17H21ClFN3O4/c18-12-8-15(21-4-6-26-7-5-21)14(9-13(12)19)20-17(25)22-3-1-2-11(10-22)16(23)24/h8-9,11H,1-7,10H2,(H,20,25)(H,23,24). The monoisotopic (exact) mass is 385 g/mol. The van der Waals surface area contributed by atoms with Gasteiger partial charge in [0.25, 0.3) is 0 Å². The molecule has 0 aromatic heterocycles. The summed E-state index contributed by atoms with van der Waals surface area (Å²) in [5.41, 5.74) is 0.941. The van der Waals surface area contributed by atoms with E-state index in [1.165, 1.54) is 17.0 Å². The molecule has 26 heavy (non-hydrogen) atoms. The van der Waals surface area contributed by atoms with Crippen LogP contribution in [0.4, 0.5) is 20.6 Å². The number of hydrogen-bond donors (Lipinski definition) is 2. The highest BCUT2D eigenvalue weighted by Gasteiger charge is 2.29. The van der Waals surface area contributed by atoms with Crippen LogP contribution in [0, 0.1) is 11.7 Å². The smallest absolute Gasteiger partial charge is 0.321 e. The quantitative estimate of drug-likeness (QED) is 0.835. The molecule has 1 aromatic rings. The molecule has 2 aliphatic heterocycles. The second-order valence-corrected chi connectivity index (χ2v) is 6.84. The van der Waals surface area contributed by atoms with E-state index in [2.05, 4.69) is 5.32 Å². The first-order valence-electron chi connectivity index (χ1n) is 8.56. The number of aliphatic carboxylic acids is 1. The number of rotatable bonds is 3. The molecule has 2 amide bonds. The predicted octanol–water partition coefficient (Wildman–Crippen LogP) is 2.64. The summed E-state index contributed by atoms with van der Waals surface area (Å²) >= 11 is 5.92. The zero-order valence-electron chi connectivity index (χ0n) is 14.2. The maximum absolute atomic E-state index is 14.0. The Morgan fingerprint density at radius 3 is 2.69 bits per heavy atom. The number of amides is 2. The molecular formula is C17H21ClFN3O4. The van der Waals surface area contributed by atoms with Gasteiger partial charge in [-0.1, -0.05) is 11.6 Å². The van der Waals surface area contributed by atoms with Gasteiger partial charge in [-0.25, -0.2) is 9.18 Å². The lowest BCUT2D eigenvalue weighted by Crippen LogP contribution is -2.44. The number of carbonyl (C=O) groups excluding carboxylic acids is 1. The number of anilines is 2. The molecule has 1 aromatic carbocycles. The van der Waals surface area contributed by atoms with Gasteiger partial charge < -0.3 is 25.0 Å². The zero-order valence-corrected chi connectivity index (χ0v) is 15.0. The molecule has 0 saturated carbocycles. The first kappa shape index (κ1) is 18.7. The molecule has 9 heteroatoms. The molecule has 0 bridgehead atoms. The van der Waals surface area contributed by atoms with Gasteiger partial charge in [0.2, 0.25) is 0 Å². The number of nitrogens with zero attached hydrogens (tertiary/aromatic N) is 2. The van der Waals surface area contributed by atoms with Crippen molar-refractivity contribution in [2.24, 2.45) is 5.92 Å². The van der Waals surface area contributed by atoms with Crippen molar-refractivity contribution in [2.45, 2.75) is 12.8 Å². The van der Waals surface area contributed by atoms with Crippen molar-refractivity contribution in [1.29, 1.82) is 0 Å². The predicted molar refractivity (Wildman–Crippen MR) is 95.4 cm³/mol. The van der Waals surface area contributed by atoms with Gasteiger partial charge >= 0.3 is 12.0 Å². The van der Waals surface area contributed by atoms with E-state index in [0.29, 0.717) is 57.1 Å². The summed E-state index contributed by atoms with van der Waals surface area (Å²) in [6.07, 6.45) is 1.17. The van der Waals surface area contributed by atoms with Crippen LogP contribution in [0.2, 0.25) is 5.02 Å². The van der Waals surface area contributed by atoms with E-state index in [1.54, 1.807) is 0 Å². The first-order valence-corrected chi connectivity index (χ1v) is 8.94. The van der Waals surface area contributed by atoms with E-state index >= 15 is 0 Å². The van der Waals surface area contributed by atoms with Crippen LogP contribution in [-0.4, -0.2) is 61.4 Å². The molecule has 2 aliphatic rings. The van der Waals surface area contributed by atoms with Gasteiger partial charge in [-0.15, -0.1) is 0 Å². The number of ether oxygens (including phenoxy) is 1. The van der Waals surface area contributed by atoms with E-state index in [4.69, 9.17) is 21.4 Å². The number of carbonyl (C=O) groups is 2. The van der Waals surface area contributed by atoms with Gasteiger partial charge in [-0.05, 0) is 18.9 Å². The van der Waals surface area contributed by atoms with Crippen molar-refractivity contribution in [2.75, 3.05) is 49.6 Å². The summed E-state index contributed by atoms with van der Waals surface area (Å²) in [5.74, 6) is -2.11. The van der Waals surface area contributed by atoms with Crippen LogP contribution in [0.3, 0.4) is 0 Å². The molecule has 0 aliphatic carbocycles. The number of urea groups is 1. The molecule has 1 atom stereocenters. The Kier molecular flexibility index (Phi) is 5.83. The average Bonchev–Trinajstić information content (AvgIpc) is 2.65. The van der Waals surface area contributed by atoms with Crippen LogP contribution in [0.5, 0.6) is 0 Å². The maximum atomic E-state index is 14.0. The van der Waals surface area contributed by atoms with Crippen LogP contribution >= 0.6 is 11.6 Å². The Balaban J connectivity index is 1.78. The number of morpholine rings is 1. The molecular weight excluding hydrogens is 365 g/mol. The minimum absolute atomic E-state index is 0.0200. The second-order valence-electron chi connectivity index (χ2n) is 6.44. The van der Waals surface area contributed by atoms with Crippen LogP contribution in [-0.2, 0) is 9.53 Å². The fraction of sp³-hybridized carbons (Fsp3) is 0.529. The molecule has 2 fully saturated rings. The van der Waals surface area contributed by atoms with Gasteiger partial charge in [0, 0.05) is 32.2 Å². The Hall–Kier alpha value is -2.06. The second kappa shape index (κ2) is 8.09. The molecule has 1 unspecified atom stereocenters. The molecule has 0 radical (unpaired) electrons. The van der Waals surface area contributed by atoms with E-state index < -0.39 is 23.7 Å². The Labute approximate surface area is 155 Å². The number of carboxylic acid groups (broad SMARTS) is 1. The first-order chi connectivity index (χ1) is 12.5. The fourth-order valence-electron chi connectivity index (χ4n) is 3.26. The molecule has 7 nitrogen and oxygen atoms in total. The third-order valence-electron chi connectivity index (χ3n) is 4.69. The van der Waals surface area contributed by atoms with Crippen molar-refractivity contribution in [3.05, 3.63) is 23.0 Å². The number of benzene rings is 1. The normalized spacial score (nSPS) is 20.8. The summed E-state index contributed by atoms with van der Waals surface area (Å²) in [6.45, 7) is 2.90. The number of likely N-dealkylation sites (tertiary alicyclic amines) is 1. The van der Waals surface area contributed by atoms with E-state index in [1.807, 2.05) is 4.90 Å². The highest BCUT2D eigenvalue weighted by Crippen LogP contribution is 2.32. The lowest BCUT2D eigenvalue weighted by molar-refractivity contribution is -0.143.